The van der Waals surface area contributed by atoms with E-state index in [1.165, 1.54) is 11.8 Å². The summed E-state index contributed by atoms with van der Waals surface area (Å²) in [6.07, 6.45) is 1.77. The molecule has 1 heterocycles. The van der Waals surface area contributed by atoms with Crippen LogP contribution in [0.1, 0.15) is 5.56 Å². The average Bonchev–Trinajstić information content (AvgIpc) is 2.47. The molecule has 1 aliphatic heterocycles. The molecule has 82 valence electrons. The molecule has 1 fully saturated rings. The van der Waals surface area contributed by atoms with Gasteiger partial charge in [-0.1, -0.05) is 52.0 Å². The number of nitrogens with zero attached hydrogens (tertiary/aromatic N) is 1. The van der Waals surface area contributed by atoms with E-state index in [1.54, 1.807) is 6.08 Å². The first-order valence-electron chi connectivity index (χ1n) is 4.36. The molecule has 1 amide bonds. The van der Waals surface area contributed by atoms with Crippen LogP contribution >= 0.6 is 39.9 Å². The van der Waals surface area contributed by atoms with Crippen molar-refractivity contribution in [2.45, 2.75) is 0 Å². The van der Waals surface area contributed by atoms with Crippen molar-refractivity contribution in [1.82, 2.24) is 5.01 Å². The summed E-state index contributed by atoms with van der Waals surface area (Å²) in [4.78, 5) is 12.2. The smallest absolute Gasteiger partial charge is 0.267 e. The van der Waals surface area contributed by atoms with Crippen LogP contribution in [0.5, 0.6) is 0 Å². The third-order valence-corrected chi connectivity index (χ3v) is 3.79. The van der Waals surface area contributed by atoms with E-state index in [-0.39, 0.29) is 5.91 Å². The molecule has 1 aliphatic rings. The summed E-state index contributed by atoms with van der Waals surface area (Å²) in [7, 11) is 0. The number of rotatable bonds is 1. The molecule has 1 aromatic rings. The number of hydrogen-bond acceptors (Lipinski definition) is 4. The lowest BCUT2D eigenvalue weighted by Crippen LogP contribution is -2.34. The van der Waals surface area contributed by atoms with Crippen molar-refractivity contribution in [2.24, 2.45) is 5.84 Å². The maximum atomic E-state index is 11.6. The number of thiocarbonyl (C=S) groups is 1. The van der Waals surface area contributed by atoms with Gasteiger partial charge >= 0.3 is 0 Å². The molecule has 0 radical (unpaired) electrons. The molecule has 6 heteroatoms. The molecule has 1 aromatic carbocycles. The number of benzene rings is 1. The Morgan fingerprint density at radius 3 is 2.81 bits per heavy atom. The van der Waals surface area contributed by atoms with E-state index in [1.807, 2.05) is 24.3 Å². The molecular formula is C10H7BrN2OS2. The molecule has 2 N–H and O–H groups in total. The Bertz CT molecular complexity index is 501. The Labute approximate surface area is 111 Å². The van der Waals surface area contributed by atoms with E-state index < -0.39 is 0 Å². The fraction of sp³-hybridized carbons (Fsp3) is 0. The van der Waals surface area contributed by atoms with Gasteiger partial charge in [0, 0.05) is 4.47 Å². The molecule has 1 saturated heterocycles. The normalized spacial score (nSPS) is 18.6. The van der Waals surface area contributed by atoms with Crippen LogP contribution in [0.25, 0.3) is 6.08 Å². The standard InChI is InChI=1S/C10H7BrN2OS2/c11-7-3-1-2-6(4-7)5-8-9(14)13(12)10(15)16-8/h1-5H,12H2. The lowest BCUT2D eigenvalue weighted by Gasteiger charge is -2.02. The molecule has 0 spiro atoms. The second kappa shape index (κ2) is 4.67. The first kappa shape index (κ1) is 11.8. The van der Waals surface area contributed by atoms with Crippen molar-refractivity contribution in [2.75, 3.05) is 0 Å². The minimum Gasteiger partial charge on any atom is -0.267 e. The van der Waals surface area contributed by atoms with Crippen LogP contribution < -0.4 is 5.84 Å². The minimum absolute atomic E-state index is 0.255. The maximum absolute atomic E-state index is 11.6. The van der Waals surface area contributed by atoms with Crippen molar-refractivity contribution < 1.29 is 4.79 Å². The third kappa shape index (κ3) is 2.35. The van der Waals surface area contributed by atoms with Crippen molar-refractivity contribution in [3.63, 3.8) is 0 Å². The highest BCUT2D eigenvalue weighted by molar-refractivity contribution is 9.10. The zero-order valence-corrected chi connectivity index (χ0v) is 11.2. The topological polar surface area (TPSA) is 46.3 Å². The number of halogens is 1. The summed E-state index contributed by atoms with van der Waals surface area (Å²) in [6, 6.07) is 7.65. The maximum Gasteiger partial charge on any atom is 0.280 e. The molecule has 0 aliphatic carbocycles. The van der Waals surface area contributed by atoms with E-state index in [4.69, 9.17) is 18.1 Å². The first-order chi connectivity index (χ1) is 7.58. The van der Waals surface area contributed by atoms with Gasteiger partial charge in [-0.15, -0.1) is 0 Å². The summed E-state index contributed by atoms with van der Waals surface area (Å²) in [5.74, 6) is 5.21. The summed E-state index contributed by atoms with van der Waals surface area (Å²) < 4.78 is 1.34. The largest absolute Gasteiger partial charge is 0.280 e. The Hall–Kier alpha value is -0.690. The fourth-order valence-electron chi connectivity index (χ4n) is 1.23. The van der Waals surface area contributed by atoms with Crippen molar-refractivity contribution in [3.8, 4) is 0 Å². The molecule has 16 heavy (non-hydrogen) atoms. The van der Waals surface area contributed by atoms with Crippen LogP contribution in [0, 0.1) is 0 Å². The van der Waals surface area contributed by atoms with E-state index in [9.17, 15) is 4.79 Å². The predicted molar refractivity (Wildman–Crippen MR) is 73.3 cm³/mol. The molecule has 0 bridgehead atoms. The van der Waals surface area contributed by atoms with Gasteiger partial charge in [-0.25, -0.2) is 10.9 Å². The van der Waals surface area contributed by atoms with Crippen molar-refractivity contribution in [3.05, 3.63) is 39.2 Å². The van der Waals surface area contributed by atoms with E-state index >= 15 is 0 Å². The van der Waals surface area contributed by atoms with Crippen LogP contribution in [-0.2, 0) is 4.79 Å². The monoisotopic (exact) mass is 314 g/mol. The number of hydrazine groups is 1. The lowest BCUT2D eigenvalue weighted by atomic mass is 10.2. The molecule has 0 unspecified atom stereocenters. The number of amides is 1. The summed E-state index contributed by atoms with van der Waals surface area (Å²) in [6.45, 7) is 0. The third-order valence-electron chi connectivity index (χ3n) is 1.97. The summed E-state index contributed by atoms with van der Waals surface area (Å²) in [5, 5.41) is 0.990. The Morgan fingerprint density at radius 2 is 2.25 bits per heavy atom. The molecular weight excluding hydrogens is 308 g/mol. The number of nitrogens with two attached hydrogens (primary N) is 1. The highest BCUT2D eigenvalue weighted by atomic mass is 79.9. The van der Waals surface area contributed by atoms with Crippen LogP contribution in [-0.4, -0.2) is 15.2 Å². The zero-order chi connectivity index (χ0) is 11.7. The first-order valence-corrected chi connectivity index (χ1v) is 6.38. The van der Waals surface area contributed by atoms with Gasteiger partial charge in [0.25, 0.3) is 5.91 Å². The molecule has 2 rings (SSSR count). The van der Waals surface area contributed by atoms with Gasteiger partial charge in [-0.2, -0.15) is 0 Å². The SMILES string of the molecule is NN1C(=O)C(=Cc2cccc(Br)c2)SC1=S. The van der Waals surface area contributed by atoms with Crippen LogP contribution in [0.3, 0.4) is 0 Å². The van der Waals surface area contributed by atoms with Crippen molar-refractivity contribution >= 4 is 56.2 Å². The van der Waals surface area contributed by atoms with E-state index in [2.05, 4.69) is 15.9 Å². The van der Waals surface area contributed by atoms with Crippen LogP contribution in [0.4, 0.5) is 0 Å². The number of thioether (sulfide) groups is 1. The predicted octanol–water partition coefficient (Wildman–Crippen LogP) is 2.52. The molecule has 3 nitrogen and oxygen atoms in total. The van der Waals surface area contributed by atoms with E-state index in [0.717, 1.165) is 15.0 Å². The van der Waals surface area contributed by atoms with Gasteiger partial charge in [-0.05, 0) is 23.8 Å². The second-order valence-corrected chi connectivity index (χ2v) is 5.70. The summed E-state index contributed by atoms with van der Waals surface area (Å²) in [5.41, 5.74) is 0.934. The van der Waals surface area contributed by atoms with Crippen LogP contribution in [0.2, 0.25) is 0 Å². The van der Waals surface area contributed by atoms with Gasteiger partial charge < -0.3 is 0 Å². The van der Waals surface area contributed by atoms with Crippen LogP contribution in [0.15, 0.2) is 33.6 Å². The molecule has 0 atom stereocenters. The van der Waals surface area contributed by atoms with Gasteiger partial charge in [-0.3, -0.25) is 4.79 Å². The number of hydrogen-bond donors (Lipinski definition) is 1. The molecule has 0 saturated carbocycles. The van der Waals surface area contributed by atoms with Gasteiger partial charge in [0.05, 0.1) is 4.91 Å². The zero-order valence-electron chi connectivity index (χ0n) is 8.01. The number of carbonyl (C=O) groups excluding carboxylic acids is 1. The lowest BCUT2D eigenvalue weighted by molar-refractivity contribution is -0.122. The fourth-order valence-corrected chi connectivity index (χ4v) is 2.75. The van der Waals surface area contributed by atoms with Gasteiger partial charge in [0.2, 0.25) is 0 Å². The minimum atomic E-state index is -0.255. The average molecular weight is 315 g/mol. The quantitative estimate of drug-likeness (QED) is 0.374. The Balaban J connectivity index is 2.33. The highest BCUT2D eigenvalue weighted by Gasteiger charge is 2.29. The summed E-state index contributed by atoms with van der Waals surface area (Å²) >= 11 is 9.51. The van der Waals surface area contributed by atoms with Gasteiger partial charge in [0.1, 0.15) is 0 Å². The second-order valence-electron chi connectivity index (χ2n) is 3.11. The Kier molecular flexibility index (Phi) is 3.44. The van der Waals surface area contributed by atoms with E-state index in [0.29, 0.717) is 9.23 Å². The van der Waals surface area contributed by atoms with Crippen molar-refractivity contribution in [1.29, 1.82) is 0 Å². The Morgan fingerprint density at radius 1 is 1.50 bits per heavy atom. The molecule has 0 aromatic heterocycles. The highest BCUT2D eigenvalue weighted by Crippen LogP contribution is 2.30. The number of carbonyl (C=O) groups is 1. The van der Waals surface area contributed by atoms with Gasteiger partial charge in [0.15, 0.2) is 4.32 Å².